The highest BCUT2D eigenvalue weighted by molar-refractivity contribution is 6.32. The number of barbiturate groups is 1. The standard InChI is InChI=1S/C17H19ClN4O3/c1-8-5-9(2)12-17(14(23)20-16(25)21-15(17)24)6-10-3-4-19-13(18)11(10)22(12)7-8/h3-4,8-9,12H,5-7H2,1-2H3,(H2,20,21,23,24,25)/t8-,9+,12+/m0/s1. The van der Waals surface area contributed by atoms with Gasteiger partial charge in [0.25, 0.3) is 0 Å². The fraction of sp³-hybridized carbons (Fsp3) is 0.529. The van der Waals surface area contributed by atoms with Crippen molar-refractivity contribution in [1.82, 2.24) is 15.6 Å². The van der Waals surface area contributed by atoms with Gasteiger partial charge in [-0.2, -0.15) is 0 Å². The van der Waals surface area contributed by atoms with Crippen molar-refractivity contribution in [2.45, 2.75) is 32.7 Å². The van der Waals surface area contributed by atoms with E-state index in [1.165, 1.54) is 0 Å². The Bertz CT molecular complexity index is 776. The molecule has 8 heteroatoms. The first-order valence-electron chi connectivity index (χ1n) is 8.41. The van der Waals surface area contributed by atoms with Crippen molar-refractivity contribution in [3.05, 3.63) is 23.0 Å². The van der Waals surface area contributed by atoms with Crippen molar-refractivity contribution >= 4 is 35.1 Å². The minimum absolute atomic E-state index is 0.0814. The van der Waals surface area contributed by atoms with Crippen LogP contribution in [0.1, 0.15) is 25.8 Å². The second kappa shape index (κ2) is 5.42. The van der Waals surface area contributed by atoms with Crippen LogP contribution < -0.4 is 15.5 Å². The number of hydrogen-bond acceptors (Lipinski definition) is 5. The zero-order valence-electron chi connectivity index (χ0n) is 14.0. The van der Waals surface area contributed by atoms with Crippen LogP contribution in [-0.4, -0.2) is 35.4 Å². The van der Waals surface area contributed by atoms with E-state index in [1.807, 2.05) is 6.92 Å². The third-order valence-electron chi connectivity index (χ3n) is 5.65. The fourth-order valence-corrected chi connectivity index (χ4v) is 5.17. The first-order chi connectivity index (χ1) is 11.8. The third kappa shape index (κ3) is 2.18. The summed E-state index contributed by atoms with van der Waals surface area (Å²) in [5.41, 5.74) is 0.262. The second-order valence-corrected chi connectivity index (χ2v) is 7.77. The van der Waals surface area contributed by atoms with Crippen LogP contribution in [0.5, 0.6) is 0 Å². The number of pyridine rings is 1. The molecule has 1 spiro atoms. The summed E-state index contributed by atoms with van der Waals surface area (Å²) < 4.78 is 0. The number of aromatic nitrogens is 1. The maximum absolute atomic E-state index is 12.9. The van der Waals surface area contributed by atoms with Crippen LogP contribution in [0.3, 0.4) is 0 Å². The molecule has 4 amide bonds. The van der Waals surface area contributed by atoms with E-state index in [4.69, 9.17) is 11.6 Å². The van der Waals surface area contributed by atoms with E-state index < -0.39 is 23.3 Å². The molecule has 2 N–H and O–H groups in total. The molecule has 4 heterocycles. The highest BCUT2D eigenvalue weighted by Gasteiger charge is 2.62. The van der Waals surface area contributed by atoms with Gasteiger partial charge in [0.15, 0.2) is 10.6 Å². The van der Waals surface area contributed by atoms with Crippen LogP contribution in [0, 0.1) is 17.3 Å². The zero-order valence-corrected chi connectivity index (χ0v) is 14.8. The van der Waals surface area contributed by atoms with Crippen molar-refractivity contribution in [2.75, 3.05) is 11.4 Å². The SMILES string of the molecule is C[C@H]1C[C@@H](C)[C@H]2N(C1)c1c(ccnc1Cl)CC21C(=O)NC(=O)NC1=O. The van der Waals surface area contributed by atoms with Crippen molar-refractivity contribution in [3.63, 3.8) is 0 Å². The van der Waals surface area contributed by atoms with Gasteiger partial charge in [0, 0.05) is 12.7 Å². The van der Waals surface area contributed by atoms with Gasteiger partial charge in [-0.25, -0.2) is 9.78 Å². The topological polar surface area (TPSA) is 91.4 Å². The van der Waals surface area contributed by atoms with E-state index in [-0.39, 0.29) is 18.4 Å². The predicted molar refractivity (Wildman–Crippen MR) is 91.1 cm³/mol. The Labute approximate surface area is 150 Å². The summed E-state index contributed by atoms with van der Waals surface area (Å²) in [7, 11) is 0. The molecule has 132 valence electrons. The zero-order chi connectivity index (χ0) is 17.9. The number of amides is 4. The Hall–Kier alpha value is -2.15. The predicted octanol–water partition coefficient (Wildman–Crippen LogP) is 1.49. The smallest absolute Gasteiger partial charge is 0.328 e. The van der Waals surface area contributed by atoms with E-state index in [0.717, 1.165) is 17.7 Å². The second-order valence-electron chi connectivity index (χ2n) is 7.41. The van der Waals surface area contributed by atoms with E-state index in [9.17, 15) is 14.4 Å². The maximum atomic E-state index is 12.9. The van der Waals surface area contributed by atoms with Crippen LogP contribution in [0.2, 0.25) is 5.15 Å². The van der Waals surface area contributed by atoms with Gasteiger partial charge in [-0.3, -0.25) is 20.2 Å². The van der Waals surface area contributed by atoms with Gasteiger partial charge in [0.1, 0.15) is 0 Å². The lowest BCUT2D eigenvalue weighted by molar-refractivity contribution is -0.148. The number of imide groups is 2. The molecule has 3 aliphatic heterocycles. The molecule has 1 aromatic heterocycles. The number of anilines is 1. The van der Waals surface area contributed by atoms with Gasteiger partial charge in [0.2, 0.25) is 11.8 Å². The monoisotopic (exact) mass is 362 g/mol. The molecule has 0 bridgehead atoms. The number of rotatable bonds is 0. The average molecular weight is 363 g/mol. The number of halogens is 1. The minimum Gasteiger partial charge on any atom is -0.364 e. The number of carbonyl (C=O) groups excluding carboxylic acids is 3. The number of carbonyl (C=O) groups is 3. The van der Waals surface area contributed by atoms with Gasteiger partial charge in [-0.1, -0.05) is 25.4 Å². The summed E-state index contributed by atoms with van der Waals surface area (Å²) in [4.78, 5) is 43.6. The fourth-order valence-electron chi connectivity index (χ4n) is 4.89. The Morgan fingerprint density at radius 3 is 2.60 bits per heavy atom. The summed E-state index contributed by atoms with van der Waals surface area (Å²) >= 11 is 6.37. The molecule has 1 aromatic rings. The largest absolute Gasteiger partial charge is 0.364 e. The molecule has 2 fully saturated rings. The lowest BCUT2D eigenvalue weighted by atomic mass is 9.62. The Kier molecular flexibility index (Phi) is 3.54. The van der Waals surface area contributed by atoms with Gasteiger partial charge >= 0.3 is 6.03 Å². The van der Waals surface area contributed by atoms with Gasteiger partial charge in [0.05, 0.1) is 11.7 Å². The number of fused-ring (bicyclic) bond motifs is 4. The van der Waals surface area contributed by atoms with E-state index in [0.29, 0.717) is 17.6 Å². The van der Waals surface area contributed by atoms with E-state index in [2.05, 4.69) is 27.4 Å². The summed E-state index contributed by atoms with van der Waals surface area (Å²) in [5.74, 6) is -0.591. The third-order valence-corrected chi connectivity index (χ3v) is 5.92. The molecular weight excluding hydrogens is 344 g/mol. The normalized spacial score (nSPS) is 30.4. The van der Waals surface area contributed by atoms with Crippen molar-refractivity contribution in [1.29, 1.82) is 0 Å². The average Bonchev–Trinajstić information content (AvgIpc) is 2.51. The summed E-state index contributed by atoms with van der Waals surface area (Å²) in [6, 6.07) is 0.661. The number of hydrogen-bond donors (Lipinski definition) is 2. The quantitative estimate of drug-likeness (QED) is 0.539. The van der Waals surface area contributed by atoms with Crippen LogP contribution in [-0.2, 0) is 16.0 Å². The molecule has 4 rings (SSSR count). The lowest BCUT2D eigenvalue weighted by Crippen LogP contribution is -2.73. The Morgan fingerprint density at radius 2 is 1.92 bits per heavy atom. The molecule has 2 saturated heterocycles. The molecule has 7 nitrogen and oxygen atoms in total. The van der Waals surface area contributed by atoms with Crippen molar-refractivity contribution < 1.29 is 14.4 Å². The highest BCUT2D eigenvalue weighted by Crippen LogP contribution is 2.50. The molecule has 3 aliphatic rings. The minimum atomic E-state index is -1.34. The van der Waals surface area contributed by atoms with Gasteiger partial charge in [-0.05, 0) is 36.3 Å². The van der Waals surface area contributed by atoms with E-state index >= 15 is 0 Å². The lowest BCUT2D eigenvalue weighted by Gasteiger charge is -2.55. The number of nitrogens with one attached hydrogen (secondary N) is 2. The number of nitrogens with zero attached hydrogens (tertiary/aromatic N) is 2. The van der Waals surface area contributed by atoms with Gasteiger partial charge in [-0.15, -0.1) is 0 Å². The molecule has 0 aliphatic carbocycles. The van der Waals surface area contributed by atoms with Crippen LogP contribution in [0.25, 0.3) is 0 Å². The highest BCUT2D eigenvalue weighted by atomic mass is 35.5. The maximum Gasteiger partial charge on any atom is 0.328 e. The summed E-state index contributed by atoms with van der Waals surface area (Å²) in [5, 5.41) is 4.97. The summed E-state index contributed by atoms with van der Waals surface area (Å²) in [6.45, 7) is 4.87. The molecule has 3 atom stereocenters. The molecule has 0 radical (unpaired) electrons. The number of piperidine rings is 1. The molecule has 0 unspecified atom stereocenters. The van der Waals surface area contributed by atoms with E-state index in [1.54, 1.807) is 12.3 Å². The van der Waals surface area contributed by atoms with Crippen LogP contribution in [0.4, 0.5) is 10.5 Å². The van der Waals surface area contributed by atoms with Crippen LogP contribution in [0.15, 0.2) is 12.3 Å². The molecule has 0 aromatic carbocycles. The first-order valence-corrected chi connectivity index (χ1v) is 8.79. The van der Waals surface area contributed by atoms with Crippen LogP contribution >= 0.6 is 11.6 Å². The first kappa shape index (κ1) is 16.3. The Morgan fingerprint density at radius 1 is 1.24 bits per heavy atom. The summed E-state index contributed by atoms with van der Waals surface area (Å²) in [6.07, 6.45) is 2.68. The van der Waals surface area contributed by atoms with Gasteiger partial charge < -0.3 is 4.90 Å². The molecule has 25 heavy (non-hydrogen) atoms. The molecular formula is C17H19ClN4O3. The number of urea groups is 1. The van der Waals surface area contributed by atoms with Crippen molar-refractivity contribution in [3.8, 4) is 0 Å². The molecule has 0 saturated carbocycles. The Balaban J connectivity index is 1.94. The van der Waals surface area contributed by atoms with Crippen molar-refractivity contribution in [2.24, 2.45) is 17.3 Å².